The molecule has 162 valence electrons. The molecule has 30 heavy (non-hydrogen) atoms. The van der Waals surface area contributed by atoms with Crippen molar-refractivity contribution in [2.45, 2.75) is 31.7 Å². The van der Waals surface area contributed by atoms with E-state index < -0.39 is 0 Å². The van der Waals surface area contributed by atoms with Crippen molar-refractivity contribution in [1.29, 1.82) is 0 Å². The van der Waals surface area contributed by atoms with Crippen molar-refractivity contribution in [1.82, 2.24) is 19.6 Å². The second-order valence-electron chi connectivity index (χ2n) is 8.99. The van der Waals surface area contributed by atoms with Crippen molar-refractivity contribution in [2.24, 2.45) is 0 Å². The smallest absolute Gasteiger partial charge is 0.253 e. The highest BCUT2D eigenvalue weighted by Gasteiger charge is 2.30. The average Bonchev–Trinajstić information content (AvgIpc) is 3.21. The summed E-state index contributed by atoms with van der Waals surface area (Å²) in [6.07, 6.45) is 4.90. The lowest BCUT2D eigenvalue weighted by Crippen LogP contribution is -2.56. The molecule has 0 radical (unpaired) electrons. The number of fused-ring (bicyclic) bond motifs is 1. The first-order valence-corrected chi connectivity index (χ1v) is 11.5. The molecule has 3 heterocycles. The summed E-state index contributed by atoms with van der Waals surface area (Å²) in [4.78, 5) is 34.3. The number of ether oxygens (including phenoxy) is 1. The fourth-order valence-electron chi connectivity index (χ4n) is 4.99. The standard InChI is InChI=1S/C23H32N4O3/c28-22(26-13-11-25(12-14-26)20-2-1-3-20)17-24-7-9-27(10-8-24)23(29)19-4-5-21-18(16-19)6-15-30-21/h4-5,16,20H,1-3,6-15,17H2. The van der Waals surface area contributed by atoms with Crippen LogP contribution in [0.25, 0.3) is 0 Å². The van der Waals surface area contributed by atoms with Crippen molar-refractivity contribution in [3.63, 3.8) is 0 Å². The lowest BCUT2D eigenvalue weighted by molar-refractivity contribution is -0.135. The van der Waals surface area contributed by atoms with Crippen LogP contribution in [0.15, 0.2) is 18.2 Å². The average molecular weight is 413 g/mol. The van der Waals surface area contributed by atoms with Crippen LogP contribution in [0.3, 0.4) is 0 Å². The lowest BCUT2D eigenvalue weighted by Gasteiger charge is -2.43. The molecule has 7 nitrogen and oxygen atoms in total. The molecule has 3 fully saturated rings. The zero-order valence-corrected chi connectivity index (χ0v) is 17.7. The molecule has 4 aliphatic rings. The molecule has 0 bridgehead atoms. The quantitative estimate of drug-likeness (QED) is 0.741. The van der Waals surface area contributed by atoms with E-state index in [1.165, 1.54) is 19.3 Å². The zero-order valence-electron chi connectivity index (χ0n) is 17.7. The van der Waals surface area contributed by atoms with Crippen LogP contribution in [0, 0.1) is 0 Å². The number of hydrogen-bond donors (Lipinski definition) is 0. The van der Waals surface area contributed by atoms with Crippen molar-refractivity contribution in [3.05, 3.63) is 29.3 Å². The van der Waals surface area contributed by atoms with Gasteiger partial charge in [0.1, 0.15) is 5.75 Å². The maximum atomic E-state index is 12.9. The van der Waals surface area contributed by atoms with Crippen LogP contribution in [0.2, 0.25) is 0 Å². The molecule has 5 rings (SSSR count). The lowest BCUT2D eigenvalue weighted by atomic mass is 9.91. The molecule has 1 aliphatic carbocycles. The molecule has 0 spiro atoms. The number of hydrogen-bond acceptors (Lipinski definition) is 5. The summed E-state index contributed by atoms with van der Waals surface area (Å²) in [5.41, 5.74) is 1.87. The summed E-state index contributed by atoms with van der Waals surface area (Å²) in [5.74, 6) is 1.23. The summed E-state index contributed by atoms with van der Waals surface area (Å²) in [5, 5.41) is 0. The van der Waals surface area contributed by atoms with Crippen LogP contribution >= 0.6 is 0 Å². The van der Waals surface area contributed by atoms with E-state index in [0.717, 1.165) is 68.6 Å². The Balaban J connectivity index is 1.08. The summed E-state index contributed by atoms with van der Waals surface area (Å²) in [6, 6.07) is 6.52. The molecule has 1 aromatic carbocycles. The molecule has 1 saturated carbocycles. The monoisotopic (exact) mass is 412 g/mol. The van der Waals surface area contributed by atoms with Gasteiger partial charge in [0.05, 0.1) is 13.2 Å². The Kier molecular flexibility index (Phi) is 5.65. The van der Waals surface area contributed by atoms with Crippen molar-refractivity contribution in [2.75, 3.05) is 65.5 Å². The Bertz CT molecular complexity index is 794. The largest absolute Gasteiger partial charge is 0.493 e. The van der Waals surface area contributed by atoms with E-state index in [0.29, 0.717) is 26.2 Å². The third-order valence-electron chi connectivity index (χ3n) is 7.21. The molecule has 7 heteroatoms. The molecule has 0 N–H and O–H groups in total. The van der Waals surface area contributed by atoms with Crippen LogP contribution in [0.4, 0.5) is 0 Å². The van der Waals surface area contributed by atoms with Gasteiger partial charge in [0.2, 0.25) is 5.91 Å². The molecule has 1 aromatic rings. The first kappa shape index (κ1) is 19.8. The van der Waals surface area contributed by atoms with Crippen molar-refractivity contribution in [3.8, 4) is 5.75 Å². The summed E-state index contributed by atoms with van der Waals surface area (Å²) in [7, 11) is 0. The molecule has 0 unspecified atom stereocenters. The Morgan fingerprint density at radius 2 is 1.67 bits per heavy atom. The predicted octanol–water partition coefficient (Wildman–Crippen LogP) is 1.08. The minimum absolute atomic E-state index is 0.0859. The van der Waals surface area contributed by atoms with Gasteiger partial charge in [-0.2, -0.15) is 0 Å². The summed E-state index contributed by atoms with van der Waals surface area (Å²) in [6.45, 7) is 7.79. The summed E-state index contributed by atoms with van der Waals surface area (Å²) >= 11 is 0. The third kappa shape index (κ3) is 4.05. The van der Waals surface area contributed by atoms with Gasteiger partial charge in [-0.15, -0.1) is 0 Å². The molecule has 0 aromatic heterocycles. The number of benzene rings is 1. The van der Waals surface area contributed by atoms with Gasteiger partial charge in [-0.05, 0) is 36.6 Å². The Labute approximate surface area is 178 Å². The molecule has 2 amide bonds. The zero-order chi connectivity index (χ0) is 20.5. The Morgan fingerprint density at radius 3 is 2.37 bits per heavy atom. The molecular weight excluding hydrogens is 380 g/mol. The van der Waals surface area contributed by atoms with E-state index in [1.54, 1.807) is 0 Å². The van der Waals surface area contributed by atoms with Gasteiger partial charge in [0, 0.05) is 70.4 Å². The highest BCUT2D eigenvalue weighted by atomic mass is 16.5. The fourth-order valence-corrected chi connectivity index (χ4v) is 4.99. The van der Waals surface area contributed by atoms with Crippen molar-refractivity contribution >= 4 is 11.8 Å². The van der Waals surface area contributed by atoms with E-state index in [-0.39, 0.29) is 11.8 Å². The number of carbonyl (C=O) groups excluding carboxylic acids is 2. The molecular formula is C23H32N4O3. The van der Waals surface area contributed by atoms with Gasteiger partial charge in [-0.25, -0.2) is 0 Å². The topological polar surface area (TPSA) is 56.3 Å². The van der Waals surface area contributed by atoms with Crippen molar-refractivity contribution < 1.29 is 14.3 Å². The van der Waals surface area contributed by atoms with E-state index in [1.807, 2.05) is 28.0 Å². The maximum absolute atomic E-state index is 12.9. The molecule has 3 aliphatic heterocycles. The van der Waals surface area contributed by atoms with Gasteiger partial charge in [0.15, 0.2) is 0 Å². The van der Waals surface area contributed by atoms with Crippen LogP contribution in [0.5, 0.6) is 5.75 Å². The maximum Gasteiger partial charge on any atom is 0.253 e. The highest BCUT2D eigenvalue weighted by molar-refractivity contribution is 5.94. The van der Waals surface area contributed by atoms with Gasteiger partial charge in [-0.3, -0.25) is 19.4 Å². The SMILES string of the molecule is O=C(CN1CCN(C(=O)c2ccc3c(c2)CCO3)CC1)N1CCN(C2CCC2)CC1. The Hall–Kier alpha value is -2.12. The number of nitrogens with zero attached hydrogens (tertiary/aromatic N) is 4. The number of amides is 2. The Morgan fingerprint density at radius 1 is 0.933 bits per heavy atom. The minimum atomic E-state index is 0.0859. The highest BCUT2D eigenvalue weighted by Crippen LogP contribution is 2.27. The van der Waals surface area contributed by atoms with Gasteiger partial charge in [0.25, 0.3) is 5.91 Å². The molecule has 2 saturated heterocycles. The number of piperazine rings is 2. The fraction of sp³-hybridized carbons (Fsp3) is 0.652. The van der Waals surface area contributed by atoms with Crippen LogP contribution in [-0.4, -0.2) is 103 Å². The number of rotatable bonds is 4. The van der Waals surface area contributed by atoms with E-state index >= 15 is 0 Å². The van der Waals surface area contributed by atoms with Crippen LogP contribution in [-0.2, 0) is 11.2 Å². The second-order valence-corrected chi connectivity index (χ2v) is 8.99. The normalized spacial score (nSPS) is 23.1. The van der Waals surface area contributed by atoms with Gasteiger partial charge < -0.3 is 14.5 Å². The van der Waals surface area contributed by atoms with E-state index in [4.69, 9.17) is 4.74 Å². The van der Waals surface area contributed by atoms with Crippen LogP contribution in [0.1, 0.15) is 35.2 Å². The first-order valence-electron chi connectivity index (χ1n) is 11.5. The third-order valence-corrected chi connectivity index (χ3v) is 7.21. The van der Waals surface area contributed by atoms with Gasteiger partial charge in [-0.1, -0.05) is 6.42 Å². The second kappa shape index (κ2) is 8.55. The first-order chi connectivity index (χ1) is 14.7. The number of carbonyl (C=O) groups is 2. The van der Waals surface area contributed by atoms with E-state index in [9.17, 15) is 9.59 Å². The van der Waals surface area contributed by atoms with E-state index in [2.05, 4.69) is 9.80 Å². The summed E-state index contributed by atoms with van der Waals surface area (Å²) < 4.78 is 5.54. The minimum Gasteiger partial charge on any atom is -0.493 e. The van der Waals surface area contributed by atoms with Crippen LogP contribution < -0.4 is 4.74 Å². The predicted molar refractivity (Wildman–Crippen MR) is 114 cm³/mol. The molecule has 0 atom stereocenters. The van der Waals surface area contributed by atoms with Gasteiger partial charge >= 0.3 is 0 Å².